The Morgan fingerprint density at radius 1 is 0.829 bits per heavy atom. The van der Waals surface area contributed by atoms with Gasteiger partial charge in [0.05, 0.1) is 30.2 Å². The van der Waals surface area contributed by atoms with Crippen molar-refractivity contribution in [2.45, 2.75) is 13.8 Å². The Labute approximate surface area is 200 Å². The molecule has 0 saturated carbocycles. The van der Waals surface area contributed by atoms with Crippen molar-refractivity contribution in [1.29, 1.82) is 0 Å². The molecule has 0 radical (unpaired) electrons. The van der Waals surface area contributed by atoms with Gasteiger partial charge in [0.1, 0.15) is 28.6 Å². The zero-order valence-electron chi connectivity index (χ0n) is 19.3. The van der Waals surface area contributed by atoms with Crippen molar-refractivity contribution in [1.82, 2.24) is 0 Å². The molecule has 8 nitrogen and oxygen atoms in total. The van der Waals surface area contributed by atoms with E-state index >= 15 is 0 Å². The van der Waals surface area contributed by atoms with Crippen LogP contribution in [-0.2, 0) is 4.74 Å². The fraction of sp³-hybridized carbons (Fsp3) is 0.148. The van der Waals surface area contributed by atoms with Crippen molar-refractivity contribution in [3.05, 3.63) is 93.8 Å². The van der Waals surface area contributed by atoms with E-state index < -0.39 is 11.9 Å². The third kappa shape index (κ3) is 5.16. The molecule has 1 aromatic heterocycles. The first-order chi connectivity index (χ1) is 16.9. The molecule has 4 rings (SSSR count). The van der Waals surface area contributed by atoms with Gasteiger partial charge in [0.15, 0.2) is 0 Å². The van der Waals surface area contributed by atoms with E-state index in [1.165, 1.54) is 25.3 Å². The van der Waals surface area contributed by atoms with Crippen LogP contribution in [0.2, 0.25) is 0 Å². The lowest BCUT2D eigenvalue weighted by atomic mass is 10.2. The number of aryl methyl sites for hydroxylation is 1. The Hall–Kier alpha value is -4.59. The van der Waals surface area contributed by atoms with Crippen molar-refractivity contribution >= 4 is 22.9 Å². The van der Waals surface area contributed by atoms with E-state index in [2.05, 4.69) is 0 Å². The Kier molecular flexibility index (Phi) is 6.82. The molecule has 0 N–H and O–H groups in total. The second-order valence-electron chi connectivity index (χ2n) is 7.44. The topological polar surface area (TPSA) is 101 Å². The molecule has 8 heteroatoms. The van der Waals surface area contributed by atoms with E-state index in [-0.39, 0.29) is 40.3 Å². The molecular formula is C27H22O8. The highest BCUT2D eigenvalue weighted by Crippen LogP contribution is 2.28. The van der Waals surface area contributed by atoms with Crippen LogP contribution in [0.4, 0.5) is 0 Å². The van der Waals surface area contributed by atoms with Gasteiger partial charge in [0, 0.05) is 6.07 Å². The average molecular weight is 474 g/mol. The Balaban J connectivity index is 1.55. The minimum absolute atomic E-state index is 0.0179. The van der Waals surface area contributed by atoms with Crippen LogP contribution in [-0.4, -0.2) is 25.7 Å². The molecule has 0 atom stereocenters. The van der Waals surface area contributed by atoms with E-state index in [9.17, 15) is 14.4 Å². The number of esters is 2. The van der Waals surface area contributed by atoms with E-state index in [0.717, 1.165) is 0 Å². The van der Waals surface area contributed by atoms with Crippen LogP contribution in [0.3, 0.4) is 0 Å². The van der Waals surface area contributed by atoms with Crippen LogP contribution >= 0.6 is 0 Å². The van der Waals surface area contributed by atoms with Gasteiger partial charge in [-0.1, -0.05) is 0 Å². The maximum absolute atomic E-state index is 13.1. The van der Waals surface area contributed by atoms with E-state index in [1.807, 2.05) is 0 Å². The number of ether oxygens (including phenoxy) is 4. The second-order valence-corrected chi connectivity index (χ2v) is 7.44. The normalized spacial score (nSPS) is 10.6. The predicted octanol–water partition coefficient (Wildman–Crippen LogP) is 5.30. The maximum atomic E-state index is 13.1. The first-order valence-electron chi connectivity index (χ1n) is 10.8. The fourth-order valence-corrected chi connectivity index (χ4v) is 3.33. The average Bonchev–Trinajstić information content (AvgIpc) is 2.87. The molecule has 4 aromatic rings. The number of carbonyl (C=O) groups is 2. The molecule has 0 spiro atoms. The molecule has 0 saturated heterocycles. The highest BCUT2D eigenvalue weighted by atomic mass is 16.5. The van der Waals surface area contributed by atoms with Crippen LogP contribution in [0.1, 0.15) is 33.4 Å². The molecular weight excluding hydrogens is 452 g/mol. The number of methoxy groups -OCH3 is 1. The molecule has 178 valence electrons. The van der Waals surface area contributed by atoms with Gasteiger partial charge in [-0.3, -0.25) is 4.79 Å². The smallest absolute Gasteiger partial charge is 0.343 e. The lowest BCUT2D eigenvalue weighted by Crippen LogP contribution is -2.10. The monoisotopic (exact) mass is 474 g/mol. The number of hydrogen-bond acceptors (Lipinski definition) is 8. The summed E-state index contributed by atoms with van der Waals surface area (Å²) >= 11 is 0. The summed E-state index contributed by atoms with van der Waals surface area (Å²) in [5, 5.41) is 0.262. The molecule has 0 aliphatic heterocycles. The zero-order valence-corrected chi connectivity index (χ0v) is 19.3. The number of hydrogen-bond donors (Lipinski definition) is 0. The van der Waals surface area contributed by atoms with Gasteiger partial charge in [-0.2, -0.15) is 0 Å². The van der Waals surface area contributed by atoms with Crippen LogP contribution in [0.5, 0.6) is 23.0 Å². The quantitative estimate of drug-likeness (QED) is 0.263. The second kappa shape index (κ2) is 10.1. The van der Waals surface area contributed by atoms with Crippen molar-refractivity contribution < 1.29 is 33.0 Å². The fourth-order valence-electron chi connectivity index (χ4n) is 3.33. The first-order valence-corrected chi connectivity index (χ1v) is 10.8. The minimum Gasteiger partial charge on any atom is -0.497 e. The van der Waals surface area contributed by atoms with Crippen LogP contribution in [0.15, 0.2) is 75.9 Å². The molecule has 0 fully saturated rings. The van der Waals surface area contributed by atoms with Gasteiger partial charge in [-0.25, -0.2) is 9.59 Å². The Bertz CT molecular complexity index is 1430. The molecule has 0 aliphatic carbocycles. The predicted molar refractivity (Wildman–Crippen MR) is 128 cm³/mol. The highest BCUT2D eigenvalue weighted by Gasteiger charge is 2.16. The number of carbonyl (C=O) groups excluding carboxylic acids is 2. The van der Waals surface area contributed by atoms with Crippen molar-refractivity contribution in [2.75, 3.05) is 13.7 Å². The van der Waals surface area contributed by atoms with Gasteiger partial charge in [0.2, 0.25) is 11.2 Å². The molecule has 1 heterocycles. The number of benzene rings is 3. The molecule has 3 aromatic carbocycles. The molecule has 0 amide bonds. The Morgan fingerprint density at radius 3 is 2.06 bits per heavy atom. The van der Waals surface area contributed by atoms with Crippen molar-refractivity contribution in [3.63, 3.8) is 0 Å². The summed E-state index contributed by atoms with van der Waals surface area (Å²) < 4.78 is 27.0. The zero-order chi connectivity index (χ0) is 24.9. The summed E-state index contributed by atoms with van der Waals surface area (Å²) in [7, 11) is 1.54. The van der Waals surface area contributed by atoms with Gasteiger partial charge in [-0.05, 0) is 74.5 Å². The van der Waals surface area contributed by atoms with Crippen molar-refractivity contribution in [3.8, 4) is 23.0 Å². The van der Waals surface area contributed by atoms with Crippen molar-refractivity contribution in [2.24, 2.45) is 0 Å². The van der Waals surface area contributed by atoms with Gasteiger partial charge in [-0.15, -0.1) is 0 Å². The maximum Gasteiger partial charge on any atom is 0.343 e. The van der Waals surface area contributed by atoms with Crippen LogP contribution < -0.4 is 19.6 Å². The SMILES string of the molecule is CCOC(=O)c1ccc(Oc2c(C)oc3cc(OC(=O)c4ccc(OC)cc4)ccc3c2=O)cc1. The van der Waals surface area contributed by atoms with Gasteiger partial charge < -0.3 is 23.4 Å². The van der Waals surface area contributed by atoms with E-state index in [4.69, 9.17) is 23.4 Å². The summed E-state index contributed by atoms with van der Waals surface area (Å²) in [6, 6.07) is 17.2. The molecule has 0 aliphatic rings. The number of fused-ring (bicyclic) bond motifs is 1. The molecule has 35 heavy (non-hydrogen) atoms. The standard InChI is InChI=1S/C27H22O8/c1-4-32-26(29)17-7-11-20(12-8-17)34-25-16(2)33-23-15-21(13-14-22(23)24(25)28)35-27(30)18-5-9-19(31-3)10-6-18/h5-15H,4H2,1-3H3. The largest absolute Gasteiger partial charge is 0.497 e. The van der Waals surface area contributed by atoms with Gasteiger partial charge >= 0.3 is 11.9 Å². The van der Waals surface area contributed by atoms with Crippen LogP contribution in [0, 0.1) is 6.92 Å². The molecule has 0 bridgehead atoms. The highest BCUT2D eigenvalue weighted by molar-refractivity contribution is 5.92. The van der Waals surface area contributed by atoms with Crippen LogP contribution in [0.25, 0.3) is 11.0 Å². The summed E-state index contributed by atoms with van der Waals surface area (Å²) in [4.78, 5) is 37.3. The summed E-state index contributed by atoms with van der Waals surface area (Å²) in [6.45, 7) is 3.60. The lowest BCUT2D eigenvalue weighted by Gasteiger charge is -2.10. The van der Waals surface area contributed by atoms with E-state index in [0.29, 0.717) is 22.6 Å². The first kappa shape index (κ1) is 23.6. The molecule has 0 unspecified atom stereocenters. The summed E-state index contributed by atoms with van der Waals surface area (Å²) in [5.41, 5.74) is 0.586. The summed E-state index contributed by atoms with van der Waals surface area (Å²) in [5.74, 6) is 0.473. The third-order valence-electron chi connectivity index (χ3n) is 5.11. The minimum atomic E-state index is -0.558. The lowest BCUT2D eigenvalue weighted by molar-refractivity contribution is 0.0526. The van der Waals surface area contributed by atoms with E-state index in [1.54, 1.807) is 62.4 Å². The third-order valence-corrected chi connectivity index (χ3v) is 5.11. The number of rotatable bonds is 7. The van der Waals surface area contributed by atoms with Gasteiger partial charge in [0.25, 0.3) is 0 Å². The summed E-state index contributed by atoms with van der Waals surface area (Å²) in [6.07, 6.45) is 0. The Morgan fingerprint density at radius 2 is 1.43 bits per heavy atom.